The molecule has 0 aliphatic carbocycles. The molecule has 2 aromatic heterocycles. The van der Waals surface area contributed by atoms with Gasteiger partial charge in [-0.15, -0.1) is 0 Å². The van der Waals surface area contributed by atoms with Crippen molar-refractivity contribution < 1.29 is 9.84 Å². The minimum Gasteiger partial charge on any atom is -0.491 e. The summed E-state index contributed by atoms with van der Waals surface area (Å²) in [5.74, 6) is 1.78. The summed E-state index contributed by atoms with van der Waals surface area (Å²) >= 11 is 0. The zero-order valence-electron chi connectivity index (χ0n) is 18.2. The van der Waals surface area contributed by atoms with E-state index >= 15 is 0 Å². The number of piperidine rings is 1. The molecule has 1 aliphatic heterocycles. The molecule has 31 heavy (non-hydrogen) atoms. The van der Waals surface area contributed by atoms with E-state index in [1.165, 1.54) is 4.57 Å². The number of fused-ring (bicyclic) bond motifs is 1. The fraction of sp³-hybridized carbons (Fsp3) is 0.500. The number of aliphatic hydroxyl groups excluding tert-OH is 1. The molecule has 9 heteroatoms. The molecular formula is C22H29N5O4. The number of benzene rings is 1. The van der Waals surface area contributed by atoms with Gasteiger partial charge in [0.25, 0.3) is 5.56 Å². The van der Waals surface area contributed by atoms with Crippen LogP contribution in [0.1, 0.15) is 25.3 Å². The third kappa shape index (κ3) is 4.36. The quantitative estimate of drug-likeness (QED) is 0.616. The summed E-state index contributed by atoms with van der Waals surface area (Å²) in [6.07, 6.45) is 1.30. The summed E-state index contributed by atoms with van der Waals surface area (Å²) < 4.78 is 8.80. The van der Waals surface area contributed by atoms with Crippen LogP contribution >= 0.6 is 0 Å². The first kappa shape index (κ1) is 21.2. The van der Waals surface area contributed by atoms with Crippen LogP contribution in [-0.2, 0) is 13.6 Å². The number of nitrogens with one attached hydrogen (secondary N) is 1. The zero-order chi connectivity index (χ0) is 22.1. The molecular weight excluding hydrogens is 398 g/mol. The molecule has 1 saturated heterocycles. The Hall–Kier alpha value is -3.07. The van der Waals surface area contributed by atoms with Crippen molar-refractivity contribution in [1.82, 2.24) is 19.1 Å². The fourth-order valence-corrected chi connectivity index (χ4v) is 4.17. The minimum absolute atomic E-state index is 0.0721. The topological polar surface area (TPSA) is 105 Å². The van der Waals surface area contributed by atoms with E-state index in [2.05, 4.69) is 21.8 Å². The number of hydrogen-bond donors (Lipinski definition) is 2. The van der Waals surface area contributed by atoms with Gasteiger partial charge in [-0.1, -0.05) is 19.1 Å². The summed E-state index contributed by atoms with van der Waals surface area (Å²) in [6.45, 7) is 5.99. The Morgan fingerprint density at radius 1 is 1.35 bits per heavy atom. The predicted octanol–water partition coefficient (Wildman–Crippen LogP) is 1.41. The molecule has 1 fully saturated rings. The second-order valence-corrected chi connectivity index (χ2v) is 8.49. The number of nitrogens with zero attached hydrogens (tertiary/aromatic N) is 4. The molecule has 4 rings (SSSR count). The lowest BCUT2D eigenvalue weighted by Gasteiger charge is -2.32. The van der Waals surface area contributed by atoms with Crippen molar-refractivity contribution in [3.05, 3.63) is 50.7 Å². The van der Waals surface area contributed by atoms with Crippen LogP contribution in [0.5, 0.6) is 5.75 Å². The molecule has 2 N–H and O–H groups in total. The average Bonchev–Trinajstić information content (AvgIpc) is 3.10. The van der Waals surface area contributed by atoms with Crippen LogP contribution in [0.15, 0.2) is 33.9 Å². The van der Waals surface area contributed by atoms with Crippen molar-refractivity contribution in [2.75, 3.05) is 24.6 Å². The number of anilines is 1. The third-order valence-corrected chi connectivity index (χ3v) is 5.75. The molecule has 166 valence electrons. The van der Waals surface area contributed by atoms with Crippen LogP contribution in [0.2, 0.25) is 0 Å². The molecule has 0 bridgehead atoms. The van der Waals surface area contributed by atoms with E-state index in [1.54, 1.807) is 11.6 Å². The first-order chi connectivity index (χ1) is 14.8. The highest BCUT2D eigenvalue weighted by Gasteiger charge is 2.26. The van der Waals surface area contributed by atoms with E-state index < -0.39 is 17.4 Å². The van der Waals surface area contributed by atoms with Crippen LogP contribution < -0.4 is 20.9 Å². The highest BCUT2D eigenvalue weighted by Crippen LogP contribution is 2.25. The van der Waals surface area contributed by atoms with Gasteiger partial charge in [-0.2, -0.15) is 4.98 Å². The maximum atomic E-state index is 12.7. The van der Waals surface area contributed by atoms with Crippen LogP contribution in [0.3, 0.4) is 0 Å². The Morgan fingerprint density at radius 2 is 2.16 bits per heavy atom. The minimum atomic E-state index is -0.865. The number of aliphatic hydroxyl groups is 1. The van der Waals surface area contributed by atoms with Gasteiger partial charge in [0, 0.05) is 20.1 Å². The van der Waals surface area contributed by atoms with Gasteiger partial charge in [0.05, 0.1) is 6.54 Å². The summed E-state index contributed by atoms with van der Waals surface area (Å²) in [4.78, 5) is 33.9. The second kappa shape index (κ2) is 8.58. The van der Waals surface area contributed by atoms with Gasteiger partial charge in [-0.25, -0.2) is 4.79 Å². The van der Waals surface area contributed by atoms with Gasteiger partial charge in [-0.3, -0.25) is 14.3 Å². The molecule has 3 heterocycles. The number of rotatable bonds is 6. The van der Waals surface area contributed by atoms with E-state index in [9.17, 15) is 14.7 Å². The third-order valence-electron chi connectivity index (χ3n) is 5.75. The van der Waals surface area contributed by atoms with Gasteiger partial charge in [0.1, 0.15) is 18.5 Å². The number of aromatic amines is 1. The predicted molar refractivity (Wildman–Crippen MR) is 119 cm³/mol. The van der Waals surface area contributed by atoms with Gasteiger partial charge in [0.2, 0.25) is 5.95 Å². The number of aryl methyl sites for hydroxylation is 2. The van der Waals surface area contributed by atoms with Crippen molar-refractivity contribution in [1.29, 1.82) is 0 Å². The van der Waals surface area contributed by atoms with Gasteiger partial charge in [0.15, 0.2) is 11.2 Å². The number of imidazole rings is 1. The molecule has 9 nitrogen and oxygen atoms in total. The summed E-state index contributed by atoms with van der Waals surface area (Å²) in [7, 11) is 1.58. The van der Waals surface area contributed by atoms with Crippen LogP contribution in [0.4, 0.5) is 5.95 Å². The lowest BCUT2D eigenvalue weighted by molar-refractivity contribution is 0.0935. The number of ether oxygens (including phenoxy) is 1. The largest absolute Gasteiger partial charge is 0.491 e. The SMILES string of the molecule is Cc1cccc(OC[C@@H](O)Cn2c(N3CCC[C@H](C)C3)nc3c2c(=O)[nH]c(=O)n3C)c1. The van der Waals surface area contributed by atoms with Gasteiger partial charge in [-0.05, 0) is 43.4 Å². The Bertz CT molecular complexity index is 1190. The van der Waals surface area contributed by atoms with Gasteiger partial charge < -0.3 is 19.3 Å². The number of hydrogen-bond acceptors (Lipinski definition) is 6. The first-order valence-corrected chi connectivity index (χ1v) is 10.7. The monoisotopic (exact) mass is 427 g/mol. The smallest absolute Gasteiger partial charge is 0.329 e. The summed E-state index contributed by atoms with van der Waals surface area (Å²) in [6, 6.07) is 7.62. The molecule has 0 saturated carbocycles. The molecule has 0 unspecified atom stereocenters. The number of aromatic nitrogens is 4. The van der Waals surface area contributed by atoms with Crippen molar-refractivity contribution in [2.24, 2.45) is 13.0 Å². The zero-order valence-corrected chi connectivity index (χ0v) is 18.2. The molecule has 3 aromatic rings. The molecule has 0 spiro atoms. The highest BCUT2D eigenvalue weighted by molar-refractivity contribution is 5.74. The van der Waals surface area contributed by atoms with Gasteiger partial charge >= 0.3 is 5.69 Å². The average molecular weight is 428 g/mol. The van der Waals surface area contributed by atoms with Crippen molar-refractivity contribution >= 4 is 17.1 Å². The molecule has 2 atom stereocenters. The molecule has 0 radical (unpaired) electrons. The van der Waals surface area contributed by atoms with E-state index in [-0.39, 0.29) is 18.7 Å². The number of H-pyrrole nitrogens is 1. The second-order valence-electron chi connectivity index (χ2n) is 8.49. The van der Waals surface area contributed by atoms with E-state index in [1.807, 2.05) is 31.2 Å². The maximum absolute atomic E-state index is 12.7. The molecule has 1 aromatic carbocycles. The van der Waals surface area contributed by atoms with Crippen molar-refractivity contribution in [3.63, 3.8) is 0 Å². The van der Waals surface area contributed by atoms with Crippen LogP contribution in [0, 0.1) is 12.8 Å². The van der Waals surface area contributed by atoms with E-state index in [0.717, 1.165) is 31.5 Å². The van der Waals surface area contributed by atoms with Crippen molar-refractivity contribution in [3.8, 4) is 5.75 Å². The van der Waals surface area contributed by atoms with Crippen LogP contribution in [0.25, 0.3) is 11.2 Å². The van der Waals surface area contributed by atoms with E-state index in [0.29, 0.717) is 23.3 Å². The Morgan fingerprint density at radius 3 is 2.90 bits per heavy atom. The lowest BCUT2D eigenvalue weighted by Crippen LogP contribution is -2.37. The normalized spacial score (nSPS) is 17.8. The lowest BCUT2D eigenvalue weighted by atomic mass is 10.0. The first-order valence-electron chi connectivity index (χ1n) is 10.7. The van der Waals surface area contributed by atoms with E-state index in [4.69, 9.17) is 4.74 Å². The molecule has 1 aliphatic rings. The van der Waals surface area contributed by atoms with Crippen molar-refractivity contribution in [2.45, 2.75) is 39.3 Å². The fourth-order valence-electron chi connectivity index (χ4n) is 4.17. The summed E-state index contributed by atoms with van der Waals surface area (Å²) in [5, 5.41) is 10.7. The Balaban J connectivity index is 1.67. The molecule has 0 amide bonds. The summed E-state index contributed by atoms with van der Waals surface area (Å²) in [5.41, 5.74) is 0.651. The Labute approximate surface area is 179 Å². The standard InChI is InChI=1S/C22H29N5O4/c1-14-6-4-8-17(10-14)31-13-16(28)12-27-18-19(25(3)22(30)24-20(18)29)23-21(27)26-9-5-7-15(2)11-26/h4,6,8,10,15-16,28H,5,7,9,11-13H2,1-3H3,(H,24,29,30)/t15-,16-/m0/s1. The maximum Gasteiger partial charge on any atom is 0.329 e. The van der Waals surface area contributed by atoms with Crippen LogP contribution in [-0.4, -0.2) is 50.0 Å². The highest BCUT2D eigenvalue weighted by atomic mass is 16.5. The Kier molecular flexibility index (Phi) is 5.86.